The van der Waals surface area contributed by atoms with E-state index in [2.05, 4.69) is 0 Å². The molecule has 0 bridgehead atoms. The summed E-state index contributed by atoms with van der Waals surface area (Å²) in [6.45, 7) is 3.83. The van der Waals surface area contributed by atoms with Gasteiger partial charge in [-0.25, -0.2) is 4.39 Å². The number of hydrogen-bond acceptors (Lipinski definition) is 1. The van der Waals surface area contributed by atoms with E-state index in [4.69, 9.17) is 0 Å². The van der Waals surface area contributed by atoms with Gasteiger partial charge in [0.05, 0.1) is 5.92 Å². The fourth-order valence-corrected chi connectivity index (χ4v) is 2.37. The lowest BCUT2D eigenvalue weighted by Crippen LogP contribution is -2.16. The van der Waals surface area contributed by atoms with Gasteiger partial charge in [0.2, 0.25) is 0 Å². The molecule has 1 unspecified atom stereocenters. The van der Waals surface area contributed by atoms with Crippen molar-refractivity contribution in [2.75, 3.05) is 0 Å². The van der Waals surface area contributed by atoms with Crippen LogP contribution in [0, 0.1) is 19.7 Å². The third-order valence-corrected chi connectivity index (χ3v) is 3.44. The van der Waals surface area contributed by atoms with Crippen LogP contribution in [0.5, 0.6) is 0 Å². The second kappa shape index (κ2) is 5.87. The Labute approximate surface area is 117 Å². The number of halogens is 1. The van der Waals surface area contributed by atoms with Gasteiger partial charge in [-0.3, -0.25) is 4.79 Å². The minimum absolute atomic E-state index is 0.289. The van der Waals surface area contributed by atoms with Gasteiger partial charge < -0.3 is 5.11 Å². The monoisotopic (exact) mass is 272 g/mol. The SMILES string of the molecule is Cc1ccc(C)c(C(Cc2cccc(F)c2)C(=O)O)c1. The predicted octanol–water partition coefficient (Wildman–Crippen LogP) is 3.85. The highest BCUT2D eigenvalue weighted by Crippen LogP contribution is 2.25. The fourth-order valence-electron chi connectivity index (χ4n) is 2.37. The third-order valence-electron chi connectivity index (χ3n) is 3.44. The maximum absolute atomic E-state index is 13.2. The van der Waals surface area contributed by atoms with Gasteiger partial charge >= 0.3 is 5.97 Å². The summed E-state index contributed by atoms with van der Waals surface area (Å²) < 4.78 is 13.2. The number of carboxylic acid groups (broad SMARTS) is 1. The van der Waals surface area contributed by atoms with Gasteiger partial charge in [0.1, 0.15) is 5.82 Å². The van der Waals surface area contributed by atoms with E-state index in [1.807, 2.05) is 32.0 Å². The van der Waals surface area contributed by atoms with E-state index in [-0.39, 0.29) is 12.2 Å². The van der Waals surface area contributed by atoms with Crippen molar-refractivity contribution >= 4 is 5.97 Å². The minimum Gasteiger partial charge on any atom is -0.481 e. The lowest BCUT2D eigenvalue weighted by molar-refractivity contribution is -0.138. The number of rotatable bonds is 4. The Balaban J connectivity index is 2.37. The van der Waals surface area contributed by atoms with Crippen molar-refractivity contribution in [3.8, 4) is 0 Å². The number of carbonyl (C=O) groups is 1. The zero-order valence-corrected chi connectivity index (χ0v) is 11.6. The number of aliphatic carboxylic acids is 1. The Morgan fingerprint density at radius 3 is 2.60 bits per heavy atom. The molecule has 3 heteroatoms. The summed E-state index contributed by atoms with van der Waals surface area (Å²) in [6.07, 6.45) is 0.289. The Hall–Kier alpha value is -2.16. The van der Waals surface area contributed by atoms with Crippen molar-refractivity contribution in [2.45, 2.75) is 26.2 Å². The second-order valence-electron chi connectivity index (χ2n) is 5.08. The van der Waals surface area contributed by atoms with Crippen LogP contribution in [-0.2, 0) is 11.2 Å². The highest BCUT2D eigenvalue weighted by atomic mass is 19.1. The maximum atomic E-state index is 13.2. The molecule has 20 heavy (non-hydrogen) atoms. The molecule has 1 N–H and O–H groups in total. The molecule has 0 aliphatic carbocycles. The van der Waals surface area contributed by atoms with E-state index in [1.54, 1.807) is 12.1 Å². The molecule has 2 nitrogen and oxygen atoms in total. The molecule has 1 atom stereocenters. The molecule has 104 valence electrons. The Morgan fingerprint density at radius 2 is 1.95 bits per heavy atom. The Bertz CT molecular complexity index is 635. The normalized spacial score (nSPS) is 12.2. The van der Waals surface area contributed by atoms with Gasteiger partial charge in [-0.1, -0.05) is 35.9 Å². The van der Waals surface area contributed by atoms with Gasteiger partial charge in [-0.05, 0) is 49.1 Å². The lowest BCUT2D eigenvalue weighted by Gasteiger charge is -2.16. The first-order chi connectivity index (χ1) is 9.47. The number of carboxylic acids is 1. The molecule has 0 aromatic heterocycles. The highest BCUT2D eigenvalue weighted by Gasteiger charge is 2.22. The van der Waals surface area contributed by atoms with E-state index in [0.717, 1.165) is 16.7 Å². The average Bonchev–Trinajstić information content (AvgIpc) is 2.39. The Kier molecular flexibility index (Phi) is 4.18. The van der Waals surface area contributed by atoms with E-state index in [9.17, 15) is 14.3 Å². The van der Waals surface area contributed by atoms with E-state index in [0.29, 0.717) is 5.56 Å². The topological polar surface area (TPSA) is 37.3 Å². The van der Waals surface area contributed by atoms with Gasteiger partial charge in [-0.2, -0.15) is 0 Å². The quantitative estimate of drug-likeness (QED) is 0.917. The molecular weight excluding hydrogens is 255 g/mol. The van der Waals surface area contributed by atoms with E-state index >= 15 is 0 Å². The zero-order chi connectivity index (χ0) is 14.7. The highest BCUT2D eigenvalue weighted by molar-refractivity contribution is 5.77. The van der Waals surface area contributed by atoms with Crippen molar-refractivity contribution in [1.29, 1.82) is 0 Å². The van der Waals surface area contributed by atoms with Crippen LogP contribution < -0.4 is 0 Å². The molecule has 0 fully saturated rings. The molecule has 0 aliphatic heterocycles. The molecule has 0 spiro atoms. The molecule has 0 aliphatic rings. The first-order valence-electron chi connectivity index (χ1n) is 6.52. The molecule has 0 amide bonds. The molecule has 0 saturated heterocycles. The molecule has 0 radical (unpaired) electrons. The molecule has 0 heterocycles. The summed E-state index contributed by atoms with van der Waals surface area (Å²) in [5.74, 6) is -1.88. The number of hydrogen-bond donors (Lipinski definition) is 1. The third kappa shape index (κ3) is 3.23. The van der Waals surface area contributed by atoms with Crippen LogP contribution in [0.4, 0.5) is 4.39 Å². The molecule has 2 aromatic carbocycles. The smallest absolute Gasteiger partial charge is 0.311 e. The van der Waals surface area contributed by atoms with Crippen LogP contribution in [0.2, 0.25) is 0 Å². The van der Waals surface area contributed by atoms with Gasteiger partial charge in [0.25, 0.3) is 0 Å². The summed E-state index contributed by atoms with van der Waals surface area (Å²) in [6, 6.07) is 11.9. The maximum Gasteiger partial charge on any atom is 0.311 e. The fraction of sp³-hybridized carbons (Fsp3) is 0.235. The number of benzene rings is 2. The van der Waals surface area contributed by atoms with Gasteiger partial charge in [-0.15, -0.1) is 0 Å². The van der Waals surface area contributed by atoms with E-state index < -0.39 is 11.9 Å². The number of aryl methyl sites for hydroxylation is 2. The first-order valence-corrected chi connectivity index (χ1v) is 6.52. The zero-order valence-electron chi connectivity index (χ0n) is 11.6. The van der Waals surface area contributed by atoms with Crippen molar-refractivity contribution in [2.24, 2.45) is 0 Å². The Morgan fingerprint density at radius 1 is 1.20 bits per heavy atom. The summed E-state index contributed by atoms with van der Waals surface area (Å²) in [5, 5.41) is 9.48. The van der Waals surface area contributed by atoms with E-state index in [1.165, 1.54) is 12.1 Å². The van der Waals surface area contributed by atoms with Crippen molar-refractivity contribution in [1.82, 2.24) is 0 Å². The first kappa shape index (κ1) is 14.3. The van der Waals surface area contributed by atoms with Crippen LogP contribution in [0.1, 0.15) is 28.2 Å². The van der Waals surface area contributed by atoms with Crippen LogP contribution in [0.3, 0.4) is 0 Å². The van der Waals surface area contributed by atoms with Crippen molar-refractivity contribution < 1.29 is 14.3 Å². The summed E-state index contributed by atoms with van der Waals surface area (Å²) in [4.78, 5) is 11.6. The van der Waals surface area contributed by atoms with Crippen LogP contribution in [0.25, 0.3) is 0 Å². The standard InChI is InChI=1S/C17H17FO2/c1-11-6-7-12(2)15(8-11)16(17(19)20)10-13-4-3-5-14(18)9-13/h3-9,16H,10H2,1-2H3,(H,19,20). The molecule has 0 saturated carbocycles. The van der Waals surface area contributed by atoms with Crippen molar-refractivity contribution in [3.63, 3.8) is 0 Å². The lowest BCUT2D eigenvalue weighted by atomic mass is 9.88. The summed E-state index contributed by atoms with van der Waals surface area (Å²) in [7, 11) is 0. The van der Waals surface area contributed by atoms with Crippen LogP contribution in [-0.4, -0.2) is 11.1 Å². The van der Waals surface area contributed by atoms with Crippen LogP contribution in [0.15, 0.2) is 42.5 Å². The molecule has 2 aromatic rings. The second-order valence-corrected chi connectivity index (χ2v) is 5.08. The minimum atomic E-state index is -0.886. The summed E-state index contributed by atoms with van der Waals surface area (Å²) in [5.41, 5.74) is 3.45. The van der Waals surface area contributed by atoms with Crippen molar-refractivity contribution in [3.05, 3.63) is 70.5 Å². The largest absolute Gasteiger partial charge is 0.481 e. The van der Waals surface area contributed by atoms with Gasteiger partial charge in [0, 0.05) is 0 Å². The average molecular weight is 272 g/mol. The van der Waals surface area contributed by atoms with Crippen LogP contribution >= 0.6 is 0 Å². The summed E-state index contributed by atoms with van der Waals surface area (Å²) >= 11 is 0. The molecular formula is C17H17FO2. The molecule has 2 rings (SSSR count). The predicted molar refractivity (Wildman–Crippen MR) is 76.4 cm³/mol. The van der Waals surface area contributed by atoms with Gasteiger partial charge in [0.15, 0.2) is 0 Å².